The molecule has 1 N–H and O–H groups in total. The average molecular weight is 373 g/mol. The van der Waals surface area contributed by atoms with E-state index >= 15 is 0 Å². The van der Waals surface area contributed by atoms with Crippen LogP contribution < -0.4 is 15.0 Å². The number of ether oxygens (including phenoxy) is 1. The number of pyridine rings is 1. The van der Waals surface area contributed by atoms with E-state index in [0.29, 0.717) is 29.2 Å². The van der Waals surface area contributed by atoms with E-state index in [0.717, 1.165) is 11.1 Å². The van der Waals surface area contributed by atoms with Gasteiger partial charge in [-0.2, -0.15) is 0 Å². The summed E-state index contributed by atoms with van der Waals surface area (Å²) in [6.07, 6.45) is 3.12. The first-order valence-corrected chi connectivity index (χ1v) is 8.94. The van der Waals surface area contributed by atoms with Crippen LogP contribution in [-0.2, 0) is 11.3 Å². The van der Waals surface area contributed by atoms with Gasteiger partial charge in [0.1, 0.15) is 5.75 Å². The maximum atomic E-state index is 12.5. The first-order chi connectivity index (χ1) is 13.6. The zero-order chi connectivity index (χ0) is 19.5. The highest BCUT2D eigenvalue weighted by Gasteiger charge is 2.26. The van der Waals surface area contributed by atoms with Gasteiger partial charge in [-0.15, -0.1) is 0 Å². The molecule has 28 heavy (non-hydrogen) atoms. The van der Waals surface area contributed by atoms with Gasteiger partial charge < -0.3 is 15.0 Å². The molecular weight excluding hydrogens is 354 g/mol. The molecule has 3 aromatic rings. The lowest BCUT2D eigenvalue weighted by molar-refractivity contribution is -0.121. The molecule has 0 aliphatic carbocycles. The highest BCUT2D eigenvalue weighted by atomic mass is 16.5. The minimum Gasteiger partial charge on any atom is -0.482 e. The Hall–Kier alpha value is -3.67. The Labute approximate surface area is 162 Å². The summed E-state index contributed by atoms with van der Waals surface area (Å²) in [6, 6.07) is 16.7. The van der Waals surface area contributed by atoms with Gasteiger partial charge >= 0.3 is 0 Å². The van der Waals surface area contributed by atoms with E-state index in [2.05, 4.69) is 10.3 Å². The van der Waals surface area contributed by atoms with E-state index in [1.807, 2.05) is 31.2 Å². The molecule has 140 valence electrons. The summed E-state index contributed by atoms with van der Waals surface area (Å²) >= 11 is 0. The lowest BCUT2D eigenvalue weighted by Crippen LogP contribution is -2.38. The van der Waals surface area contributed by atoms with Gasteiger partial charge in [0.05, 0.1) is 17.8 Å². The monoisotopic (exact) mass is 373 g/mol. The van der Waals surface area contributed by atoms with Crippen LogP contribution in [0.15, 0.2) is 67.0 Å². The van der Waals surface area contributed by atoms with Crippen molar-refractivity contribution in [3.63, 3.8) is 0 Å². The summed E-state index contributed by atoms with van der Waals surface area (Å²) in [5, 5.41) is 2.84. The van der Waals surface area contributed by atoms with Crippen molar-refractivity contribution < 1.29 is 14.3 Å². The molecule has 2 aromatic carbocycles. The van der Waals surface area contributed by atoms with Gasteiger partial charge in [-0.1, -0.05) is 29.8 Å². The Morgan fingerprint density at radius 2 is 2.00 bits per heavy atom. The number of aryl methyl sites for hydroxylation is 1. The first-order valence-electron chi connectivity index (χ1n) is 8.94. The fraction of sp³-hybridized carbons (Fsp3) is 0.136. The minimum absolute atomic E-state index is 0.000250. The molecule has 6 heteroatoms. The molecule has 0 fully saturated rings. The first kappa shape index (κ1) is 17.7. The molecule has 4 rings (SSSR count). The van der Waals surface area contributed by atoms with Crippen LogP contribution in [0.4, 0.5) is 11.4 Å². The number of hydrogen-bond donors (Lipinski definition) is 1. The number of fused-ring (bicyclic) bond motifs is 1. The Morgan fingerprint density at radius 3 is 2.75 bits per heavy atom. The number of carbonyl (C=O) groups excluding carboxylic acids is 2. The van der Waals surface area contributed by atoms with Crippen molar-refractivity contribution >= 4 is 23.2 Å². The zero-order valence-corrected chi connectivity index (χ0v) is 15.4. The maximum Gasteiger partial charge on any atom is 0.265 e. The van der Waals surface area contributed by atoms with E-state index < -0.39 is 0 Å². The number of hydrogen-bond acceptors (Lipinski definition) is 4. The lowest BCUT2D eigenvalue weighted by Gasteiger charge is -2.30. The summed E-state index contributed by atoms with van der Waals surface area (Å²) in [5.41, 5.74) is 3.87. The van der Waals surface area contributed by atoms with Gasteiger partial charge in [0.25, 0.3) is 11.8 Å². The second-order valence-electron chi connectivity index (χ2n) is 6.63. The van der Waals surface area contributed by atoms with Crippen LogP contribution in [0.3, 0.4) is 0 Å². The molecule has 0 unspecified atom stereocenters. The molecule has 2 heterocycles. The third-order valence-electron chi connectivity index (χ3n) is 4.54. The van der Waals surface area contributed by atoms with Crippen LogP contribution in [0.5, 0.6) is 5.75 Å². The van der Waals surface area contributed by atoms with Crippen molar-refractivity contribution in [1.29, 1.82) is 0 Å². The Bertz CT molecular complexity index is 1020. The summed E-state index contributed by atoms with van der Waals surface area (Å²) < 4.78 is 5.55. The second kappa shape index (κ2) is 7.52. The largest absolute Gasteiger partial charge is 0.482 e. The highest BCUT2D eigenvalue weighted by molar-refractivity contribution is 6.05. The Kier molecular flexibility index (Phi) is 4.76. The predicted octanol–water partition coefficient (Wildman–Crippen LogP) is 3.57. The number of carbonyl (C=O) groups is 2. The Morgan fingerprint density at radius 1 is 1.18 bits per heavy atom. The standard InChI is InChI=1S/C22H19N3O3/c1-15-4-6-16(7-5-15)13-25-19-11-18(8-9-20(19)28-14-21(25)26)24-22(27)17-3-2-10-23-12-17/h2-12H,13-14H2,1H3,(H,24,27). The molecule has 1 aliphatic heterocycles. The van der Waals surface area contributed by atoms with Gasteiger partial charge in [-0.05, 0) is 42.8 Å². The summed E-state index contributed by atoms with van der Waals surface area (Å²) in [5.74, 6) is 0.232. The third-order valence-corrected chi connectivity index (χ3v) is 4.54. The number of nitrogens with one attached hydrogen (secondary N) is 1. The van der Waals surface area contributed by atoms with E-state index in [1.54, 1.807) is 41.4 Å². The summed E-state index contributed by atoms with van der Waals surface area (Å²) in [4.78, 5) is 30.5. The van der Waals surface area contributed by atoms with Crippen molar-refractivity contribution in [2.75, 3.05) is 16.8 Å². The van der Waals surface area contributed by atoms with E-state index in [1.165, 1.54) is 6.20 Å². The van der Waals surface area contributed by atoms with Gasteiger partial charge in [0.2, 0.25) is 0 Å². The van der Waals surface area contributed by atoms with E-state index in [9.17, 15) is 9.59 Å². The average Bonchev–Trinajstić information content (AvgIpc) is 2.72. The third kappa shape index (κ3) is 3.71. The molecule has 6 nitrogen and oxygen atoms in total. The lowest BCUT2D eigenvalue weighted by atomic mass is 10.1. The SMILES string of the molecule is Cc1ccc(CN2C(=O)COc3ccc(NC(=O)c4cccnc4)cc32)cc1. The van der Waals surface area contributed by atoms with E-state index in [-0.39, 0.29) is 18.4 Å². The highest BCUT2D eigenvalue weighted by Crippen LogP contribution is 2.35. The van der Waals surface area contributed by atoms with Crippen LogP contribution in [-0.4, -0.2) is 23.4 Å². The fourth-order valence-electron chi connectivity index (χ4n) is 3.03. The zero-order valence-electron chi connectivity index (χ0n) is 15.4. The van der Waals surface area contributed by atoms with Gasteiger partial charge in [0, 0.05) is 18.1 Å². The van der Waals surface area contributed by atoms with Crippen LogP contribution in [0.1, 0.15) is 21.5 Å². The molecule has 0 atom stereocenters. The molecule has 0 bridgehead atoms. The quantitative estimate of drug-likeness (QED) is 0.759. The number of anilines is 2. The number of aromatic nitrogens is 1. The molecule has 0 spiro atoms. The molecular formula is C22H19N3O3. The smallest absolute Gasteiger partial charge is 0.265 e. The molecule has 1 aliphatic rings. The molecule has 0 saturated heterocycles. The number of rotatable bonds is 4. The number of benzene rings is 2. The van der Waals surface area contributed by atoms with Crippen LogP contribution in [0, 0.1) is 6.92 Å². The molecule has 0 saturated carbocycles. The van der Waals surface area contributed by atoms with Crippen molar-refractivity contribution in [2.45, 2.75) is 13.5 Å². The summed E-state index contributed by atoms with van der Waals surface area (Å²) in [7, 11) is 0. The number of nitrogens with zero attached hydrogens (tertiary/aromatic N) is 2. The maximum absolute atomic E-state index is 12.5. The second-order valence-corrected chi connectivity index (χ2v) is 6.63. The van der Waals surface area contributed by atoms with Crippen molar-refractivity contribution in [2.24, 2.45) is 0 Å². The Balaban J connectivity index is 1.60. The predicted molar refractivity (Wildman–Crippen MR) is 106 cm³/mol. The van der Waals surface area contributed by atoms with Gasteiger partial charge in [-0.3, -0.25) is 14.6 Å². The normalized spacial score (nSPS) is 12.9. The van der Waals surface area contributed by atoms with Crippen LogP contribution >= 0.6 is 0 Å². The molecule has 1 aromatic heterocycles. The summed E-state index contributed by atoms with van der Waals surface area (Å²) in [6.45, 7) is 2.46. The van der Waals surface area contributed by atoms with Gasteiger partial charge in [-0.25, -0.2) is 0 Å². The van der Waals surface area contributed by atoms with Crippen LogP contribution in [0.2, 0.25) is 0 Å². The molecule has 0 radical (unpaired) electrons. The molecule has 2 amide bonds. The minimum atomic E-state index is -0.263. The van der Waals surface area contributed by atoms with Crippen molar-refractivity contribution in [1.82, 2.24) is 4.98 Å². The van der Waals surface area contributed by atoms with Crippen LogP contribution in [0.25, 0.3) is 0 Å². The topological polar surface area (TPSA) is 71.5 Å². The number of amides is 2. The fourth-order valence-corrected chi connectivity index (χ4v) is 3.03. The van der Waals surface area contributed by atoms with E-state index in [4.69, 9.17) is 4.74 Å². The van der Waals surface area contributed by atoms with Crippen molar-refractivity contribution in [3.05, 3.63) is 83.7 Å². The van der Waals surface area contributed by atoms with Crippen molar-refractivity contribution in [3.8, 4) is 5.75 Å². The van der Waals surface area contributed by atoms with Gasteiger partial charge in [0.15, 0.2) is 6.61 Å².